The van der Waals surface area contributed by atoms with Crippen molar-refractivity contribution in [2.24, 2.45) is 11.0 Å². The Balaban J connectivity index is 2.09. The molecule has 0 aliphatic carbocycles. The van der Waals surface area contributed by atoms with E-state index in [2.05, 4.69) is 21.0 Å². The van der Waals surface area contributed by atoms with Crippen molar-refractivity contribution in [2.45, 2.75) is 13.8 Å². The van der Waals surface area contributed by atoms with Crippen molar-refractivity contribution in [1.82, 2.24) is 0 Å². The minimum Gasteiger partial charge on any atom is -0.503 e. The van der Waals surface area contributed by atoms with Gasteiger partial charge in [0.05, 0.1) is 28.6 Å². The van der Waals surface area contributed by atoms with E-state index in [0.29, 0.717) is 42.8 Å². The average Bonchev–Trinajstić information content (AvgIpc) is 2.94. The molecule has 146 valence electrons. The van der Waals surface area contributed by atoms with Crippen molar-refractivity contribution in [3.8, 4) is 11.5 Å². The Labute approximate surface area is 181 Å². The van der Waals surface area contributed by atoms with Gasteiger partial charge in [0.2, 0.25) is 0 Å². The molecule has 0 unspecified atom stereocenters. The van der Waals surface area contributed by atoms with E-state index in [1.807, 2.05) is 13.8 Å². The van der Waals surface area contributed by atoms with Crippen LogP contribution in [0.5, 0.6) is 11.5 Å². The number of methoxy groups -OCH3 is 1. The maximum absolute atomic E-state index is 13.1. The number of benzene rings is 2. The maximum atomic E-state index is 13.1. The van der Waals surface area contributed by atoms with Crippen LogP contribution in [0.25, 0.3) is 6.08 Å². The zero-order chi connectivity index (χ0) is 20.6. The molecular weight excluding hydrogens is 467 g/mol. The topological polar surface area (TPSA) is 62.1 Å². The first kappa shape index (κ1) is 20.7. The third kappa shape index (κ3) is 4.04. The van der Waals surface area contributed by atoms with Crippen LogP contribution in [0.2, 0.25) is 10.0 Å². The standard InChI is InChI=1S/C20H17BrCl2N2O3/c1-10(2)18-15(4-11-5-16(21)19(26)17(6-11)28-3)20(27)25(24-18)14-8-12(22)7-13(23)9-14/h4-10,26H,1-3H3. The summed E-state index contributed by atoms with van der Waals surface area (Å²) in [5.74, 6) is 0.0195. The van der Waals surface area contributed by atoms with Gasteiger partial charge in [-0.15, -0.1) is 0 Å². The van der Waals surface area contributed by atoms with Crippen LogP contribution in [0.4, 0.5) is 5.69 Å². The van der Waals surface area contributed by atoms with Crippen LogP contribution in [0.3, 0.4) is 0 Å². The molecule has 1 N–H and O–H groups in total. The monoisotopic (exact) mass is 482 g/mol. The lowest BCUT2D eigenvalue weighted by atomic mass is 9.98. The summed E-state index contributed by atoms with van der Waals surface area (Å²) in [5, 5.41) is 16.6. The largest absolute Gasteiger partial charge is 0.503 e. The minimum atomic E-state index is -0.287. The number of amides is 1. The molecule has 0 atom stereocenters. The first-order valence-corrected chi connectivity index (χ1v) is 9.93. The smallest absolute Gasteiger partial charge is 0.280 e. The zero-order valence-corrected chi connectivity index (χ0v) is 18.4. The fraction of sp³-hybridized carbons (Fsp3) is 0.200. The summed E-state index contributed by atoms with van der Waals surface area (Å²) in [6, 6.07) is 8.22. The third-order valence-electron chi connectivity index (χ3n) is 4.13. The lowest BCUT2D eigenvalue weighted by molar-refractivity contribution is -0.114. The zero-order valence-electron chi connectivity index (χ0n) is 15.3. The molecule has 0 radical (unpaired) electrons. The number of aromatic hydroxyl groups is 1. The lowest BCUT2D eigenvalue weighted by Gasteiger charge is -2.12. The highest BCUT2D eigenvalue weighted by Crippen LogP contribution is 2.37. The quantitative estimate of drug-likeness (QED) is 0.549. The fourth-order valence-corrected chi connectivity index (χ4v) is 3.80. The van der Waals surface area contributed by atoms with Crippen molar-refractivity contribution in [1.29, 1.82) is 0 Å². The van der Waals surface area contributed by atoms with Gasteiger partial charge in [-0.3, -0.25) is 4.79 Å². The van der Waals surface area contributed by atoms with Gasteiger partial charge in [0.25, 0.3) is 5.91 Å². The number of nitrogens with zero attached hydrogens (tertiary/aromatic N) is 2. The molecule has 1 amide bonds. The maximum Gasteiger partial charge on any atom is 0.280 e. The van der Waals surface area contributed by atoms with Crippen molar-refractivity contribution in [3.63, 3.8) is 0 Å². The van der Waals surface area contributed by atoms with E-state index in [-0.39, 0.29) is 17.6 Å². The molecule has 0 saturated carbocycles. The molecule has 1 heterocycles. The predicted molar refractivity (Wildman–Crippen MR) is 117 cm³/mol. The number of hydrazone groups is 1. The Kier molecular flexibility index (Phi) is 6.03. The van der Waals surface area contributed by atoms with Gasteiger partial charge in [-0.2, -0.15) is 10.1 Å². The predicted octanol–water partition coefficient (Wildman–Crippen LogP) is 5.91. The van der Waals surface area contributed by atoms with E-state index < -0.39 is 0 Å². The van der Waals surface area contributed by atoms with Crippen LogP contribution in [-0.4, -0.2) is 23.8 Å². The molecule has 8 heteroatoms. The van der Waals surface area contributed by atoms with Crippen molar-refractivity contribution >= 4 is 62.5 Å². The molecule has 0 spiro atoms. The van der Waals surface area contributed by atoms with Gasteiger partial charge in [-0.25, -0.2) is 0 Å². The van der Waals surface area contributed by atoms with E-state index in [9.17, 15) is 9.90 Å². The number of rotatable bonds is 4. The van der Waals surface area contributed by atoms with Gasteiger partial charge < -0.3 is 9.84 Å². The second kappa shape index (κ2) is 8.15. The van der Waals surface area contributed by atoms with E-state index in [1.165, 1.54) is 12.1 Å². The lowest BCUT2D eigenvalue weighted by Crippen LogP contribution is -2.21. The molecule has 3 rings (SSSR count). The summed E-state index contributed by atoms with van der Waals surface area (Å²) in [7, 11) is 1.46. The summed E-state index contributed by atoms with van der Waals surface area (Å²) < 4.78 is 5.65. The first-order chi connectivity index (χ1) is 13.2. The highest BCUT2D eigenvalue weighted by Gasteiger charge is 2.33. The van der Waals surface area contributed by atoms with Crippen LogP contribution in [-0.2, 0) is 4.79 Å². The Morgan fingerprint density at radius 1 is 1.18 bits per heavy atom. The van der Waals surface area contributed by atoms with Crippen LogP contribution in [0.15, 0.2) is 45.5 Å². The SMILES string of the molecule is COc1cc(C=C2C(=O)N(c3cc(Cl)cc(Cl)c3)N=C2C(C)C)cc(Br)c1O. The van der Waals surface area contributed by atoms with Gasteiger partial charge in [-0.1, -0.05) is 37.0 Å². The number of carbonyl (C=O) groups is 1. The van der Waals surface area contributed by atoms with Crippen molar-refractivity contribution < 1.29 is 14.6 Å². The Morgan fingerprint density at radius 2 is 1.82 bits per heavy atom. The number of hydrogen-bond acceptors (Lipinski definition) is 4. The molecular formula is C20H17BrCl2N2O3. The second-order valence-electron chi connectivity index (χ2n) is 6.50. The van der Waals surface area contributed by atoms with Crippen LogP contribution >= 0.6 is 39.1 Å². The Morgan fingerprint density at radius 3 is 2.39 bits per heavy atom. The Hall–Kier alpha value is -2.02. The van der Waals surface area contributed by atoms with E-state index in [1.54, 1.807) is 36.4 Å². The molecule has 5 nitrogen and oxygen atoms in total. The van der Waals surface area contributed by atoms with E-state index >= 15 is 0 Å². The van der Waals surface area contributed by atoms with Crippen molar-refractivity contribution in [2.75, 3.05) is 12.1 Å². The fourth-order valence-electron chi connectivity index (χ4n) is 2.83. The third-order valence-corrected chi connectivity index (χ3v) is 5.17. The number of phenols is 1. The highest BCUT2D eigenvalue weighted by atomic mass is 79.9. The average molecular weight is 484 g/mol. The summed E-state index contributed by atoms with van der Waals surface area (Å²) in [5.41, 5.74) is 2.27. The number of halogens is 3. The van der Waals surface area contributed by atoms with Gasteiger partial charge in [0.1, 0.15) is 0 Å². The summed E-state index contributed by atoms with van der Waals surface area (Å²) in [6.07, 6.45) is 1.72. The molecule has 0 fully saturated rings. The molecule has 1 aliphatic rings. The minimum absolute atomic E-state index is 0.00431. The Bertz CT molecular complexity index is 999. The van der Waals surface area contributed by atoms with E-state index in [0.717, 1.165) is 0 Å². The van der Waals surface area contributed by atoms with Gasteiger partial charge in [0, 0.05) is 10.0 Å². The molecule has 1 aliphatic heterocycles. The van der Waals surface area contributed by atoms with Crippen molar-refractivity contribution in [3.05, 3.63) is 56.0 Å². The molecule has 28 heavy (non-hydrogen) atoms. The first-order valence-electron chi connectivity index (χ1n) is 8.39. The van der Waals surface area contributed by atoms with Gasteiger partial charge >= 0.3 is 0 Å². The van der Waals surface area contributed by atoms with Gasteiger partial charge in [-0.05, 0) is 63.8 Å². The number of phenolic OH excluding ortho intramolecular Hbond substituents is 1. The summed E-state index contributed by atoms with van der Waals surface area (Å²) >= 11 is 15.5. The molecule has 0 bridgehead atoms. The molecule has 0 aromatic heterocycles. The van der Waals surface area contributed by atoms with E-state index in [4.69, 9.17) is 27.9 Å². The number of anilines is 1. The highest BCUT2D eigenvalue weighted by molar-refractivity contribution is 9.10. The van der Waals surface area contributed by atoms with Crippen LogP contribution in [0.1, 0.15) is 19.4 Å². The molecule has 2 aromatic rings. The van der Waals surface area contributed by atoms with Crippen LogP contribution in [0, 0.1) is 5.92 Å². The molecule has 2 aromatic carbocycles. The molecule has 0 saturated heterocycles. The second-order valence-corrected chi connectivity index (χ2v) is 8.22. The van der Waals surface area contributed by atoms with Crippen LogP contribution < -0.4 is 9.75 Å². The normalized spacial score (nSPS) is 15.5. The number of ether oxygens (including phenoxy) is 1. The summed E-state index contributed by atoms with van der Waals surface area (Å²) in [4.78, 5) is 13.1. The number of hydrogen-bond donors (Lipinski definition) is 1. The van der Waals surface area contributed by atoms with Gasteiger partial charge in [0.15, 0.2) is 11.5 Å². The summed E-state index contributed by atoms with van der Waals surface area (Å²) in [6.45, 7) is 3.92. The number of carbonyl (C=O) groups excluding carboxylic acids is 1.